The summed E-state index contributed by atoms with van der Waals surface area (Å²) in [7, 11) is 0. The molecule has 0 spiro atoms. The number of carboxylic acids is 1. The van der Waals surface area contributed by atoms with Gasteiger partial charge in [-0.3, -0.25) is 9.59 Å². The molecule has 4 rings (SSSR count). The van der Waals surface area contributed by atoms with E-state index in [1.807, 2.05) is 24.3 Å². The number of aliphatic carboxylic acids is 1. The van der Waals surface area contributed by atoms with Gasteiger partial charge in [-0.05, 0) is 54.1 Å². The van der Waals surface area contributed by atoms with Crippen molar-refractivity contribution in [1.29, 1.82) is 0 Å². The van der Waals surface area contributed by atoms with Gasteiger partial charge in [-0.1, -0.05) is 24.3 Å². The van der Waals surface area contributed by atoms with Gasteiger partial charge in [-0.15, -0.1) is 11.3 Å². The number of amides is 1. The van der Waals surface area contributed by atoms with E-state index in [0.717, 1.165) is 5.56 Å². The van der Waals surface area contributed by atoms with Crippen LogP contribution in [-0.4, -0.2) is 17.0 Å². The fraction of sp³-hybridized carbons (Fsp3) is 0.200. The molecule has 2 aromatic carbocycles. The van der Waals surface area contributed by atoms with Gasteiger partial charge in [-0.25, -0.2) is 0 Å². The molecule has 0 aliphatic heterocycles. The second-order valence-corrected chi connectivity index (χ2v) is 7.59. The summed E-state index contributed by atoms with van der Waals surface area (Å²) in [6.45, 7) is 2.09. The van der Waals surface area contributed by atoms with E-state index in [1.165, 1.54) is 20.5 Å². The Balaban J connectivity index is 1.49. The fourth-order valence-corrected chi connectivity index (χ4v) is 4.16. The smallest absolute Gasteiger partial charge is 0.307 e. The van der Waals surface area contributed by atoms with Crippen molar-refractivity contribution in [2.75, 3.05) is 5.32 Å². The Kier molecular flexibility index (Phi) is 3.81. The highest BCUT2D eigenvalue weighted by Crippen LogP contribution is 2.39. The number of carboxylic acid groups (broad SMARTS) is 1. The summed E-state index contributed by atoms with van der Waals surface area (Å²) in [6, 6.07) is 16.3. The number of anilines is 1. The Bertz CT molecular complexity index is 974. The van der Waals surface area contributed by atoms with Gasteiger partial charge < -0.3 is 10.4 Å². The molecule has 5 heteroatoms. The van der Waals surface area contributed by atoms with Crippen molar-refractivity contribution < 1.29 is 14.7 Å². The highest BCUT2D eigenvalue weighted by molar-refractivity contribution is 7.22. The Morgan fingerprint density at radius 3 is 2.52 bits per heavy atom. The number of benzene rings is 2. The van der Waals surface area contributed by atoms with Crippen LogP contribution in [0.1, 0.15) is 12.0 Å². The average Bonchev–Trinajstić information content (AvgIpc) is 3.29. The lowest BCUT2D eigenvalue weighted by Gasteiger charge is -2.05. The minimum Gasteiger partial charge on any atom is -0.481 e. The van der Waals surface area contributed by atoms with E-state index in [0.29, 0.717) is 12.1 Å². The van der Waals surface area contributed by atoms with Gasteiger partial charge in [0.1, 0.15) is 0 Å². The minimum absolute atomic E-state index is 0.211. The maximum atomic E-state index is 12.0. The summed E-state index contributed by atoms with van der Waals surface area (Å²) in [5, 5.41) is 12.9. The molecule has 126 valence electrons. The van der Waals surface area contributed by atoms with Crippen LogP contribution in [0.2, 0.25) is 0 Å². The summed E-state index contributed by atoms with van der Waals surface area (Å²) < 4.78 is 1.26. The van der Waals surface area contributed by atoms with Crippen molar-refractivity contribution in [3.8, 4) is 10.4 Å². The van der Waals surface area contributed by atoms with Crippen molar-refractivity contribution >= 4 is 39.0 Å². The molecule has 2 N–H and O–H groups in total. The first-order valence-corrected chi connectivity index (χ1v) is 8.97. The van der Waals surface area contributed by atoms with Crippen LogP contribution in [0.3, 0.4) is 0 Å². The molecule has 1 amide bonds. The normalized spacial score (nSPS) is 18.9. The number of hydrogen-bond donors (Lipinski definition) is 2. The van der Waals surface area contributed by atoms with Crippen molar-refractivity contribution in [3.63, 3.8) is 0 Å². The van der Waals surface area contributed by atoms with E-state index in [4.69, 9.17) is 5.11 Å². The van der Waals surface area contributed by atoms with Crippen LogP contribution in [0, 0.1) is 18.8 Å². The molecule has 25 heavy (non-hydrogen) atoms. The standard InChI is InChI=1S/C20H17NO3S/c1-11-2-3-13-9-18(25-17(13)8-11)12-4-6-14(7-5-12)21-19(22)15-10-16(15)20(23)24/h2-9,15-16H,10H2,1H3,(H,21,22)(H,23,24). The molecule has 1 fully saturated rings. The highest BCUT2D eigenvalue weighted by Gasteiger charge is 2.48. The molecule has 0 saturated heterocycles. The van der Waals surface area contributed by atoms with Crippen molar-refractivity contribution in [2.45, 2.75) is 13.3 Å². The van der Waals surface area contributed by atoms with Crippen LogP contribution >= 0.6 is 11.3 Å². The number of carbonyl (C=O) groups is 2. The van der Waals surface area contributed by atoms with E-state index in [-0.39, 0.29) is 5.91 Å². The van der Waals surface area contributed by atoms with E-state index in [2.05, 4.69) is 36.5 Å². The van der Waals surface area contributed by atoms with Gasteiger partial charge >= 0.3 is 5.97 Å². The molecule has 4 nitrogen and oxygen atoms in total. The van der Waals surface area contributed by atoms with Gasteiger partial charge in [0.05, 0.1) is 11.8 Å². The summed E-state index contributed by atoms with van der Waals surface area (Å²) in [6.07, 6.45) is 0.431. The average molecular weight is 351 g/mol. The zero-order valence-corrected chi connectivity index (χ0v) is 14.5. The molecule has 1 heterocycles. The van der Waals surface area contributed by atoms with Gasteiger partial charge in [0.2, 0.25) is 5.91 Å². The van der Waals surface area contributed by atoms with Crippen LogP contribution in [0.4, 0.5) is 5.69 Å². The molecule has 0 radical (unpaired) electrons. The molecule has 1 aromatic heterocycles. The zero-order valence-electron chi connectivity index (χ0n) is 13.7. The second-order valence-electron chi connectivity index (χ2n) is 6.51. The first-order valence-electron chi connectivity index (χ1n) is 8.15. The van der Waals surface area contributed by atoms with Gasteiger partial charge in [0.25, 0.3) is 0 Å². The number of thiophene rings is 1. The maximum Gasteiger partial charge on any atom is 0.307 e. The quantitative estimate of drug-likeness (QED) is 0.725. The number of fused-ring (bicyclic) bond motifs is 1. The fourth-order valence-electron chi connectivity index (χ4n) is 2.99. The summed E-state index contributed by atoms with van der Waals surface area (Å²) >= 11 is 1.75. The number of aryl methyl sites for hydroxylation is 1. The van der Waals surface area contributed by atoms with Gasteiger partial charge in [0.15, 0.2) is 0 Å². The summed E-state index contributed by atoms with van der Waals surface area (Å²) in [5.74, 6) is -2.03. The van der Waals surface area contributed by atoms with Crippen LogP contribution in [0.15, 0.2) is 48.5 Å². The van der Waals surface area contributed by atoms with E-state index >= 15 is 0 Å². The number of hydrogen-bond acceptors (Lipinski definition) is 3. The number of nitrogens with one attached hydrogen (secondary N) is 1. The summed E-state index contributed by atoms with van der Waals surface area (Å²) in [5.41, 5.74) is 3.05. The van der Waals surface area contributed by atoms with Crippen molar-refractivity contribution in [2.24, 2.45) is 11.8 Å². The van der Waals surface area contributed by atoms with Crippen LogP contribution in [-0.2, 0) is 9.59 Å². The number of carbonyl (C=O) groups excluding carboxylic acids is 1. The van der Waals surface area contributed by atoms with E-state index < -0.39 is 17.8 Å². The van der Waals surface area contributed by atoms with Crippen LogP contribution < -0.4 is 5.32 Å². The zero-order chi connectivity index (χ0) is 17.6. The van der Waals surface area contributed by atoms with Gasteiger partial charge in [-0.2, -0.15) is 0 Å². The van der Waals surface area contributed by atoms with Gasteiger partial charge in [0, 0.05) is 15.3 Å². The molecule has 3 aromatic rings. The van der Waals surface area contributed by atoms with Crippen LogP contribution in [0.25, 0.3) is 20.5 Å². The summed E-state index contributed by atoms with van der Waals surface area (Å²) in [4.78, 5) is 24.1. The van der Waals surface area contributed by atoms with Crippen molar-refractivity contribution in [1.82, 2.24) is 0 Å². The Labute approximate surface area is 149 Å². The lowest BCUT2D eigenvalue weighted by Crippen LogP contribution is -2.16. The largest absolute Gasteiger partial charge is 0.481 e. The highest BCUT2D eigenvalue weighted by atomic mass is 32.1. The third kappa shape index (κ3) is 3.15. The SMILES string of the molecule is Cc1ccc2cc(-c3ccc(NC(=O)C4CC4C(=O)O)cc3)sc2c1. The number of rotatable bonds is 4. The Morgan fingerprint density at radius 2 is 1.84 bits per heavy atom. The third-order valence-electron chi connectivity index (χ3n) is 4.56. The Hall–Kier alpha value is -2.66. The molecule has 0 bridgehead atoms. The minimum atomic E-state index is -0.893. The Morgan fingerprint density at radius 1 is 1.08 bits per heavy atom. The maximum absolute atomic E-state index is 12.0. The van der Waals surface area contributed by atoms with Crippen molar-refractivity contribution in [3.05, 3.63) is 54.1 Å². The lowest BCUT2D eigenvalue weighted by molar-refractivity contribution is -0.139. The monoisotopic (exact) mass is 351 g/mol. The first kappa shape index (κ1) is 15.8. The lowest BCUT2D eigenvalue weighted by atomic mass is 10.1. The third-order valence-corrected chi connectivity index (χ3v) is 5.70. The molecule has 1 saturated carbocycles. The first-order chi connectivity index (χ1) is 12.0. The molecular formula is C20H17NO3S. The molecule has 2 atom stereocenters. The second kappa shape index (κ2) is 6.01. The van der Waals surface area contributed by atoms with Crippen LogP contribution in [0.5, 0.6) is 0 Å². The molecule has 1 aliphatic rings. The molecular weight excluding hydrogens is 334 g/mol. The van der Waals surface area contributed by atoms with E-state index in [9.17, 15) is 9.59 Å². The molecule has 2 unspecified atom stereocenters. The topological polar surface area (TPSA) is 66.4 Å². The predicted octanol–water partition coefficient (Wildman–Crippen LogP) is 4.54. The van der Waals surface area contributed by atoms with E-state index in [1.54, 1.807) is 11.3 Å². The molecule has 1 aliphatic carbocycles. The predicted molar refractivity (Wildman–Crippen MR) is 99.9 cm³/mol.